The summed E-state index contributed by atoms with van der Waals surface area (Å²) in [5.74, 6) is 0.281. The molecule has 0 saturated heterocycles. The van der Waals surface area contributed by atoms with E-state index in [9.17, 15) is 14.7 Å². The van der Waals surface area contributed by atoms with Gasteiger partial charge in [0.05, 0.1) is 24.5 Å². The highest BCUT2D eigenvalue weighted by atomic mass is 16.3. The van der Waals surface area contributed by atoms with Crippen LogP contribution < -0.4 is 0 Å². The Morgan fingerprint density at radius 2 is 1.83 bits per heavy atom. The third-order valence-corrected chi connectivity index (χ3v) is 9.71. The third-order valence-electron chi connectivity index (χ3n) is 9.71. The van der Waals surface area contributed by atoms with E-state index in [0.29, 0.717) is 6.42 Å². The minimum absolute atomic E-state index is 0.0855. The molecular formula is C26H32O4. The molecule has 1 heterocycles. The van der Waals surface area contributed by atoms with Gasteiger partial charge in [-0.3, -0.25) is 9.59 Å². The number of carbonyl (C=O) groups is 2. The Morgan fingerprint density at radius 3 is 2.50 bits per heavy atom. The van der Waals surface area contributed by atoms with Crippen molar-refractivity contribution in [3.8, 4) is 0 Å². The van der Waals surface area contributed by atoms with Gasteiger partial charge in [-0.1, -0.05) is 46.3 Å². The van der Waals surface area contributed by atoms with E-state index in [2.05, 4.69) is 26.8 Å². The summed E-state index contributed by atoms with van der Waals surface area (Å²) in [6, 6.07) is 1.89. The lowest BCUT2D eigenvalue weighted by molar-refractivity contribution is -0.163. The first kappa shape index (κ1) is 20.0. The Balaban J connectivity index is 1.64. The lowest BCUT2D eigenvalue weighted by atomic mass is 9.38. The maximum Gasteiger partial charge on any atom is 0.164 e. The van der Waals surface area contributed by atoms with Crippen LogP contribution in [0, 0.1) is 33.5 Å². The summed E-state index contributed by atoms with van der Waals surface area (Å²) in [5.41, 5.74) is 0.524. The molecule has 4 nitrogen and oxygen atoms in total. The van der Waals surface area contributed by atoms with Gasteiger partial charge in [0.25, 0.3) is 0 Å². The molecule has 0 unspecified atom stereocenters. The predicted octanol–water partition coefficient (Wildman–Crippen LogP) is 4.85. The van der Waals surface area contributed by atoms with Gasteiger partial charge < -0.3 is 9.52 Å². The van der Waals surface area contributed by atoms with E-state index < -0.39 is 16.9 Å². The molecule has 2 fully saturated rings. The van der Waals surface area contributed by atoms with Crippen molar-refractivity contribution in [1.82, 2.24) is 0 Å². The molecule has 4 heteroatoms. The monoisotopic (exact) mass is 408 g/mol. The molecule has 0 amide bonds. The topological polar surface area (TPSA) is 67.5 Å². The maximum atomic E-state index is 13.2. The first-order valence-corrected chi connectivity index (χ1v) is 11.2. The standard InChI is InChI=1S/C26H32O4/c1-23(2)18-13-21(29)26(5)17(24(18,3)10-7-20(23)28)6-9-25(4)19(26)12-16(27)22(25)15-8-11-30-14-15/h7-8,10-12,14,17-18,21-22,29H,6,9,13H2,1-5H3/t17-,18+,21-,22-,24-,25-,26-/m1/s1. The summed E-state index contributed by atoms with van der Waals surface area (Å²) in [4.78, 5) is 25.9. The Kier molecular flexibility index (Phi) is 3.90. The molecule has 4 aliphatic rings. The van der Waals surface area contributed by atoms with Crippen molar-refractivity contribution in [1.29, 1.82) is 0 Å². The van der Waals surface area contributed by atoms with E-state index in [1.54, 1.807) is 18.6 Å². The first-order chi connectivity index (χ1) is 14.0. The third kappa shape index (κ3) is 2.16. The molecule has 30 heavy (non-hydrogen) atoms. The number of furan rings is 1. The van der Waals surface area contributed by atoms with E-state index >= 15 is 0 Å². The molecule has 7 atom stereocenters. The van der Waals surface area contributed by atoms with Crippen LogP contribution >= 0.6 is 0 Å². The van der Waals surface area contributed by atoms with Crippen LogP contribution in [0.4, 0.5) is 0 Å². The summed E-state index contributed by atoms with van der Waals surface area (Å²) < 4.78 is 5.31. The fraction of sp³-hybridized carbons (Fsp3) is 0.615. The van der Waals surface area contributed by atoms with Crippen molar-refractivity contribution in [2.24, 2.45) is 33.5 Å². The quantitative estimate of drug-likeness (QED) is 0.721. The zero-order valence-corrected chi connectivity index (χ0v) is 18.6. The molecule has 0 radical (unpaired) electrons. The number of carbonyl (C=O) groups excluding carboxylic acids is 2. The second-order valence-electron chi connectivity index (χ2n) is 11.3. The smallest absolute Gasteiger partial charge is 0.164 e. The number of rotatable bonds is 1. The van der Waals surface area contributed by atoms with Gasteiger partial charge in [-0.25, -0.2) is 0 Å². The minimum Gasteiger partial charge on any atom is -0.472 e. The zero-order valence-electron chi connectivity index (χ0n) is 18.6. The lowest BCUT2D eigenvalue weighted by Crippen LogP contribution is -2.63. The van der Waals surface area contributed by atoms with Crippen LogP contribution in [0.2, 0.25) is 0 Å². The van der Waals surface area contributed by atoms with Gasteiger partial charge >= 0.3 is 0 Å². The average Bonchev–Trinajstić information content (AvgIpc) is 3.27. The minimum atomic E-state index is -0.582. The molecule has 0 aliphatic heterocycles. The molecule has 0 bridgehead atoms. The van der Waals surface area contributed by atoms with Gasteiger partial charge in [-0.2, -0.15) is 0 Å². The van der Waals surface area contributed by atoms with Crippen molar-refractivity contribution < 1.29 is 19.1 Å². The number of aliphatic hydroxyl groups excluding tert-OH is 1. The number of ketones is 2. The molecule has 1 aromatic rings. The number of hydrogen-bond donors (Lipinski definition) is 1. The zero-order chi connectivity index (χ0) is 21.7. The van der Waals surface area contributed by atoms with Crippen molar-refractivity contribution in [2.75, 3.05) is 0 Å². The summed E-state index contributed by atoms with van der Waals surface area (Å²) in [6.07, 6.45) is 10.8. The normalized spacial score (nSPS) is 46.8. The summed E-state index contributed by atoms with van der Waals surface area (Å²) in [6.45, 7) is 10.7. The first-order valence-electron chi connectivity index (χ1n) is 11.2. The molecule has 160 valence electrons. The largest absolute Gasteiger partial charge is 0.472 e. The summed E-state index contributed by atoms with van der Waals surface area (Å²) in [7, 11) is 0. The molecular weight excluding hydrogens is 376 g/mol. The number of aliphatic hydroxyl groups is 1. The Bertz CT molecular complexity index is 983. The van der Waals surface area contributed by atoms with Crippen LogP contribution in [0.5, 0.6) is 0 Å². The van der Waals surface area contributed by atoms with Gasteiger partial charge in [0.2, 0.25) is 0 Å². The van der Waals surface area contributed by atoms with Gasteiger partial charge in [0.1, 0.15) is 0 Å². The van der Waals surface area contributed by atoms with E-state index in [1.165, 1.54) is 0 Å². The summed E-state index contributed by atoms with van der Waals surface area (Å²) >= 11 is 0. The number of hydrogen-bond acceptors (Lipinski definition) is 4. The highest BCUT2D eigenvalue weighted by molar-refractivity contribution is 6.01. The van der Waals surface area contributed by atoms with Crippen molar-refractivity contribution in [3.05, 3.63) is 48.0 Å². The van der Waals surface area contributed by atoms with Crippen LogP contribution in [-0.4, -0.2) is 22.8 Å². The fourth-order valence-electron chi connectivity index (χ4n) is 8.09. The molecule has 1 N–H and O–H groups in total. The van der Waals surface area contributed by atoms with Crippen LogP contribution in [0.25, 0.3) is 0 Å². The highest BCUT2D eigenvalue weighted by Crippen LogP contribution is 2.72. The van der Waals surface area contributed by atoms with Crippen LogP contribution in [0.3, 0.4) is 0 Å². The van der Waals surface area contributed by atoms with E-state index in [4.69, 9.17) is 4.42 Å². The van der Waals surface area contributed by atoms with E-state index in [-0.39, 0.29) is 40.2 Å². The predicted molar refractivity (Wildman–Crippen MR) is 114 cm³/mol. The number of fused-ring (bicyclic) bond motifs is 5. The second-order valence-corrected chi connectivity index (χ2v) is 11.3. The fourth-order valence-corrected chi connectivity index (χ4v) is 8.09. The lowest BCUT2D eigenvalue weighted by Gasteiger charge is -2.65. The van der Waals surface area contributed by atoms with Gasteiger partial charge in [0.15, 0.2) is 11.6 Å². The Labute approximate surface area is 178 Å². The molecule has 5 rings (SSSR count). The van der Waals surface area contributed by atoms with E-state index in [0.717, 1.165) is 24.0 Å². The average molecular weight is 409 g/mol. The molecule has 0 spiro atoms. The SMILES string of the molecule is CC1(C)C(=O)C=C[C@]2(C)[C@H]3CC[C@]4(C)C(=CC(=O)[C@H]4c4ccoc4)[C@]3(C)[C@H](O)C[C@@H]12. The van der Waals surface area contributed by atoms with Crippen LogP contribution in [0.1, 0.15) is 65.4 Å². The molecule has 0 aromatic carbocycles. The van der Waals surface area contributed by atoms with Gasteiger partial charge in [-0.15, -0.1) is 0 Å². The molecule has 2 saturated carbocycles. The van der Waals surface area contributed by atoms with Crippen LogP contribution in [-0.2, 0) is 9.59 Å². The second kappa shape index (κ2) is 5.85. The van der Waals surface area contributed by atoms with Gasteiger partial charge in [-0.05, 0) is 54.7 Å². The highest BCUT2D eigenvalue weighted by Gasteiger charge is 2.68. The molecule has 4 aliphatic carbocycles. The van der Waals surface area contributed by atoms with Gasteiger partial charge in [0, 0.05) is 21.8 Å². The van der Waals surface area contributed by atoms with Crippen molar-refractivity contribution >= 4 is 11.6 Å². The van der Waals surface area contributed by atoms with E-state index in [1.807, 2.05) is 26.0 Å². The Hall–Kier alpha value is -1.94. The van der Waals surface area contributed by atoms with Crippen molar-refractivity contribution in [2.45, 2.75) is 65.9 Å². The summed E-state index contributed by atoms with van der Waals surface area (Å²) in [5, 5.41) is 11.6. The number of allylic oxidation sites excluding steroid dienone is 3. The maximum absolute atomic E-state index is 13.2. The molecule has 1 aromatic heterocycles. The van der Waals surface area contributed by atoms with Crippen LogP contribution in [0.15, 0.2) is 46.8 Å². The van der Waals surface area contributed by atoms with Crippen molar-refractivity contribution in [3.63, 3.8) is 0 Å². The Morgan fingerprint density at radius 1 is 1.10 bits per heavy atom.